The molecular weight excluding hydrogens is 894 g/mol. The van der Waals surface area contributed by atoms with Crippen molar-refractivity contribution in [1.29, 1.82) is 0 Å². The number of azo groups is 1. The van der Waals surface area contributed by atoms with Crippen LogP contribution in [-0.2, 0) is 30.8 Å². The van der Waals surface area contributed by atoms with Crippen LogP contribution in [0.15, 0.2) is 125 Å². The molecule has 0 bridgehead atoms. The van der Waals surface area contributed by atoms with Crippen molar-refractivity contribution in [3.05, 3.63) is 147 Å². The molecule has 3 fully saturated rings. The highest BCUT2D eigenvalue weighted by Crippen LogP contribution is 2.65. The number of aromatic hydroxyl groups is 1. The SMILES string of the molecule is CN(C)c1ccc(N=Nc2ccc(N3C(=O)[C@H]4[C@H](CC=C5[C@H]4C[C@H]4C(=O)N(Nc6ncc(C(F)(F)F)cc6Cl)C(=O)[C@@]4(c4ccc(Cl)cc4)[C@H]5c4ccc(O)cc4Cl)C3=O)cc2)cc1. The first-order valence-corrected chi connectivity index (χ1v) is 21.1. The van der Waals surface area contributed by atoms with Crippen molar-refractivity contribution in [3.8, 4) is 5.75 Å². The number of carbonyl (C=O) groups is 4. The van der Waals surface area contributed by atoms with Gasteiger partial charge < -0.3 is 10.0 Å². The lowest BCUT2D eigenvalue weighted by Gasteiger charge is -2.50. The Morgan fingerprint density at radius 3 is 2.08 bits per heavy atom. The van der Waals surface area contributed by atoms with Gasteiger partial charge in [-0.25, -0.2) is 4.98 Å². The Balaban J connectivity index is 1.11. The number of amides is 4. The van der Waals surface area contributed by atoms with Gasteiger partial charge in [0.15, 0.2) is 5.82 Å². The van der Waals surface area contributed by atoms with Gasteiger partial charge in [0.2, 0.25) is 11.8 Å². The number of alkyl halides is 3. The fourth-order valence-electron chi connectivity index (χ4n) is 9.73. The zero-order valence-electron chi connectivity index (χ0n) is 33.7. The highest BCUT2D eigenvalue weighted by molar-refractivity contribution is 6.33. The lowest BCUT2D eigenvalue weighted by atomic mass is 9.49. The first-order chi connectivity index (χ1) is 30.5. The van der Waals surface area contributed by atoms with E-state index in [1.165, 1.54) is 12.1 Å². The number of halogens is 6. The number of phenols is 1. The molecule has 2 saturated heterocycles. The Labute approximate surface area is 378 Å². The molecule has 5 aromatic rings. The minimum absolute atomic E-state index is 0.0538. The maximum absolute atomic E-state index is 15.4. The first kappa shape index (κ1) is 43.0. The molecular formula is C46H35Cl3F3N7O5. The van der Waals surface area contributed by atoms with Gasteiger partial charge in [-0.2, -0.15) is 28.4 Å². The van der Waals surface area contributed by atoms with Gasteiger partial charge in [-0.15, -0.1) is 0 Å². The number of carbonyl (C=O) groups excluding carboxylic acids is 4. The fraction of sp³-hybridized carbons (Fsp3) is 0.239. The Hall–Kier alpha value is -6.29. The number of nitrogens with one attached hydrogen (secondary N) is 1. The summed E-state index contributed by atoms with van der Waals surface area (Å²) >= 11 is 19.6. The second kappa shape index (κ2) is 16.1. The number of allylic oxidation sites excluding steroid dienone is 2. The molecule has 0 radical (unpaired) electrons. The molecule has 1 aromatic heterocycles. The number of aromatic nitrogens is 1. The van der Waals surface area contributed by atoms with Crippen molar-refractivity contribution in [2.45, 2.75) is 30.4 Å². The van der Waals surface area contributed by atoms with Gasteiger partial charge >= 0.3 is 6.18 Å². The molecule has 1 saturated carbocycles. The number of hydrogen-bond acceptors (Lipinski definition) is 10. The smallest absolute Gasteiger partial charge is 0.417 e. The Morgan fingerprint density at radius 2 is 1.47 bits per heavy atom. The standard InChI is InChI=1S/C46H35Cl3F3N7O5/c1-57(2)28-11-7-26(8-12-28)54-55-27-9-13-29(14-10-27)58-41(61)33-18-17-31-34(38(33)43(58)63)21-35-42(62)59(56-40-37(49)19-24(22-53-40)46(50,51)52)44(64)45(35,23-3-5-25(47)6-4-23)39(31)32-16-15-30(60)20-36(32)48/h3-17,19-20,22,33-35,38-39,60H,18,21H2,1-2H3,(H,53,56)/t33-,34+,35-,38-,39+,45+/m0/s1. The van der Waals surface area contributed by atoms with Crippen molar-refractivity contribution in [2.24, 2.45) is 33.9 Å². The topological polar surface area (TPSA) is 148 Å². The molecule has 2 N–H and O–H groups in total. The maximum Gasteiger partial charge on any atom is 0.417 e. The van der Waals surface area contributed by atoms with Gasteiger partial charge in [0.25, 0.3) is 11.8 Å². The van der Waals surface area contributed by atoms with Crippen LogP contribution in [0.5, 0.6) is 5.75 Å². The number of fused-ring (bicyclic) bond motifs is 4. The monoisotopic (exact) mass is 927 g/mol. The minimum Gasteiger partial charge on any atom is -0.508 e. The normalized spacial score (nSPS) is 24.2. The van der Waals surface area contributed by atoms with Gasteiger partial charge in [0.05, 0.1) is 50.8 Å². The number of phenolic OH excluding ortho intramolecular Hbond substituents is 1. The molecule has 4 aliphatic rings. The molecule has 4 amide bonds. The van der Waals surface area contributed by atoms with E-state index in [1.807, 2.05) is 49.3 Å². The van der Waals surface area contributed by atoms with E-state index in [2.05, 4.69) is 20.6 Å². The van der Waals surface area contributed by atoms with Gasteiger partial charge in [-0.3, -0.25) is 29.5 Å². The van der Waals surface area contributed by atoms with Crippen LogP contribution in [0.25, 0.3) is 0 Å². The third-order valence-electron chi connectivity index (χ3n) is 12.6. The minimum atomic E-state index is -4.77. The molecule has 4 aromatic carbocycles. The Bertz CT molecular complexity index is 2810. The molecule has 0 spiro atoms. The summed E-state index contributed by atoms with van der Waals surface area (Å²) in [5.41, 5.74) is 3.35. The first-order valence-electron chi connectivity index (χ1n) is 20.0. The van der Waals surface area contributed by atoms with Crippen molar-refractivity contribution in [2.75, 3.05) is 29.3 Å². The van der Waals surface area contributed by atoms with Gasteiger partial charge in [0.1, 0.15) is 5.75 Å². The van der Waals surface area contributed by atoms with E-state index in [9.17, 15) is 32.7 Å². The number of anilines is 3. The molecule has 64 heavy (non-hydrogen) atoms. The number of nitrogens with zero attached hydrogens (tertiary/aromatic N) is 6. The zero-order valence-corrected chi connectivity index (χ0v) is 36.0. The number of rotatable bonds is 8. The van der Waals surface area contributed by atoms with Crippen LogP contribution < -0.4 is 15.2 Å². The van der Waals surface area contributed by atoms with Crippen molar-refractivity contribution < 1.29 is 37.5 Å². The quantitative estimate of drug-likeness (QED) is 0.0888. The number of hydrazine groups is 1. The predicted molar refractivity (Wildman–Crippen MR) is 234 cm³/mol. The van der Waals surface area contributed by atoms with Gasteiger partial charge in [0, 0.05) is 41.9 Å². The second-order valence-corrected chi connectivity index (χ2v) is 17.5. The molecule has 9 rings (SSSR count). The highest BCUT2D eigenvalue weighted by Gasteiger charge is 2.70. The summed E-state index contributed by atoms with van der Waals surface area (Å²) in [7, 11) is 3.87. The van der Waals surface area contributed by atoms with Crippen LogP contribution >= 0.6 is 34.8 Å². The average Bonchev–Trinajstić information content (AvgIpc) is 3.64. The van der Waals surface area contributed by atoms with Crippen LogP contribution in [0.2, 0.25) is 15.1 Å². The summed E-state index contributed by atoms with van der Waals surface area (Å²) in [6.07, 6.45) is -2.40. The van der Waals surface area contributed by atoms with Crippen molar-refractivity contribution in [3.63, 3.8) is 0 Å². The summed E-state index contributed by atoms with van der Waals surface area (Å²) in [4.78, 5) is 66.4. The molecule has 6 atom stereocenters. The average molecular weight is 929 g/mol. The van der Waals surface area contributed by atoms with E-state index in [4.69, 9.17) is 34.8 Å². The van der Waals surface area contributed by atoms with E-state index >= 15 is 4.79 Å². The molecule has 3 heterocycles. The fourth-order valence-corrected chi connectivity index (χ4v) is 10.4. The van der Waals surface area contributed by atoms with Crippen molar-refractivity contribution >= 4 is 87.0 Å². The summed E-state index contributed by atoms with van der Waals surface area (Å²) < 4.78 is 40.7. The van der Waals surface area contributed by atoms with Crippen LogP contribution in [-0.4, -0.2) is 52.8 Å². The van der Waals surface area contributed by atoms with Crippen LogP contribution in [0.4, 0.5) is 41.7 Å². The summed E-state index contributed by atoms with van der Waals surface area (Å²) in [6, 6.07) is 25.2. The van der Waals surface area contributed by atoms with E-state index in [0.29, 0.717) is 56.1 Å². The van der Waals surface area contributed by atoms with Crippen molar-refractivity contribution in [1.82, 2.24) is 9.99 Å². The van der Waals surface area contributed by atoms with E-state index in [-0.39, 0.29) is 23.6 Å². The highest BCUT2D eigenvalue weighted by atomic mass is 35.5. The van der Waals surface area contributed by atoms with Gasteiger partial charge in [-0.05, 0) is 109 Å². The summed E-state index contributed by atoms with van der Waals surface area (Å²) in [5.74, 6) is -7.98. The molecule has 18 heteroatoms. The number of imide groups is 2. The molecule has 2 aliphatic carbocycles. The predicted octanol–water partition coefficient (Wildman–Crippen LogP) is 10.4. The van der Waals surface area contributed by atoms with Crippen LogP contribution in [0, 0.1) is 23.7 Å². The molecule has 12 nitrogen and oxygen atoms in total. The largest absolute Gasteiger partial charge is 0.508 e. The van der Waals surface area contributed by atoms with E-state index in [0.717, 1.165) is 10.6 Å². The summed E-state index contributed by atoms with van der Waals surface area (Å²) in [6.45, 7) is 0. The third kappa shape index (κ3) is 7.06. The number of hydrogen-bond donors (Lipinski definition) is 2. The number of pyridine rings is 1. The molecule has 326 valence electrons. The second-order valence-electron chi connectivity index (χ2n) is 16.3. The Morgan fingerprint density at radius 1 is 0.812 bits per heavy atom. The van der Waals surface area contributed by atoms with E-state index in [1.54, 1.807) is 54.6 Å². The number of benzene rings is 4. The molecule has 0 unspecified atom stereocenters. The summed E-state index contributed by atoms with van der Waals surface area (Å²) in [5, 5.41) is 19.7. The Kier molecular flexibility index (Phi) is 10.8. The lowest BCUT2D eigenvalue weighted by molar-refractivity contribution is -0.139. The van der Waals surface area contributed by atoms with E-state index < -0.39 is 81.2 Å². The maximum atomic E-state index is 15.4. The van der Waals surface area contributed by atoms with Gasteiger partial charge in [-0.1, -0.05) is 64.7 Å². The van der Waals surface area contributed by atoms with Crippen LogP contribution in [0.1, 0.15) is 35.4 Å². The lowest BCUT2D eigenvalue weighted by Crippen LogP contribution is -2.53. The molecule has 2 aliphatic heterocycles. The van der Waals surface area contributed by atoms with Crippen LogP contribution in [0.3, 0.4) is 0 Å². The zero-order chi connectivity index (χ0) is 45.4. The third-order valence-corrected chi connectivity index (χ3v) is 13.5.